The van der Waals surface area contributed by atoms with E-state index in [1.807, 2.05) is 12.5 Å². The normalized spacial score (nSPS) is 14.8. The molecule has 0 rings (SSSR count). The largest absolute Gasteiger partial charge is 0.480 e. The Balaban J connectivity index is 4.81. The maximum atomic E-state index is 12.4. The average Bonchev–Trinajstić information content (AvgIpc) is 2.52. The standard InChI is InChI=1S/C15H29N3O4S2/c1-9(2)12(18-13(19)10(16)5-7-23-3)14(20)17-11(15(21)22)6-8-24-4/h9-12H,5-8,16H2,1-4H3,(H,17,20)(H,18,19)(H,21,22). The van der Waals surface area contributed by atoms with Gasteiger partial charge < -0.3 is 21.5 Å². The Bertz CT molecular complexity index is 422. The summed E-state index contributed by atoms with van der Waals surface area (Å²) < 4.78 is 0. The van der Waals surface area contributed by atoms with Crippen LogP contribution >= 0.6 is 23.5 Å². The van der Waals surface area contributed by atoms with E-state index in [0.717, 1.165) is 5.75 Å². The zero-order valence-corrected chi connectivity index (χ0v) is 16.3. The molecule has 0 spiro atoms. The number of carbonyl (C=O) groups is 3. The molecular formula is C15H29N3O4S2. The summed E-state index contributed by atoms with van der Waals surface area (Å²) in [5.41, 5.74) is 5.81. The molecule has 5 N–H and O–H groups in total. The minimum Gasteiger partial charge on any atom is -0.480 e. The van der Waals surface area contributed by atoms with Crippen LogP contribution in [0.2, 0.25) is 0 Å². The van der Waals surface area contributed by atoms with Gasteiger partial charge in [-0.3, -0.25) is 9.59 Å². The van der Waals surface area contributed by atoms with Crippen LogP contribution in [0.15, 0.2) is 0 Å². The molecule has 9 heteroatoms. The van der Waals surface area contributed by atoms with E-state index in [0.29, 0.717) is 18.6 Å². The molecule has 0 aliphatic carbocycles. The summed E-state index contributed by atoms with van der Waals surface area (Å²) >= 11 is 3.10. The number of rotatable bonds is 12. The Labute approximate surface area is 152 Å². The maximum Gasteiger partial charge on any atom is 0.326 e. The highest BCUT2D eigenvalue weighted by Gasteiger charge is 2.29. The van der Waals surface area contributed by atoms with E-state index in [4.69, 9.17) is 5.73 Å². The molecule has 0 aromatic heterocycles. The summed E-state index contributed by atoms with van der Waals surface area (Å²) in [6, 6.07) is -2.46. The second-order valence-electron chi connectivity index (χ2n) is 5.80. The van der Waals surface area contributed by atoms with E-state index in [9.17, 15) is 19.5 Å². The van der Waals surface area contributed by atoms with Crippen molar-refractivity contribution >= 4 is 41.3 Å². The molecule has 7 nitrogen and oxygen atoms in total. The van der Waals surface area contributed by atoms with Crippen molar-refractivity contribution in [1.82, 2.24) is 10.6 Å². The number of hydrogen-bond acceptors (Lipinski definition) is 6. The smallest absolute Gasteiger partial charge is 0.326 e. The van der Waals surface area contributed by atoms with Crippen molar-refractivity contribution in [3.63, 3.8) is 0 Å². The van der Waals surface area contributed by atoms with E-state index in [-0.39, 0.29) is 5.92 Å². The molecule has 0 saturated carbocycles. The number of nitrogens with one attached hydrogen (secondary N) is 2. The van der Waals surface area contributed by atoms with Crippen LogP contribution in [0.25, 0.3) is 0 Å². The predicted octanol–water partition coefficient (Wildman–Crippen LogP) is 0.530. The van der Waals surface area contributed by atoms with Crippen LogP contribution in [0.5, 0.6) is 0 Å². The van der Waals surface area contributed by atoms with Crippen LogP contribution in [0, 0.1) is 5.92 Å². The van der Waals surface area contributed by atoms with Crippen LogP contribution in [0.4, 0.5) is 0 Å². The van der Waals surface area contributed by atoms with Gasteiger partial charge in [-0.2, -0.15) is 23.5 Å². The molecule has 140 valence electrons. The Kier molecular flexibility index (Phi) is 12.0. The number of amides is 2. The topological polar surface area (TPSA) is 122 Å². The first kappa shape index (κ1) is 23.1. The molecule has 0 fully saturated rings. The number of carbonyl (C=O) groups excluding carboxylic acids is 2. The van der Waals surface area contributed by atoms with Gasteiger partial charge in [0.05, 0.1) is 6.04 Å². The van der Waals surface area contributed by atoms with Gasteiger partial charge in [0.25, 0.3) is 0 Å². The van der Waals surface area contributed by atoms with Gasteiger partial charge in [-0.25, -0.2) is 4.79 Å². The zero-order chi connectivity index (χ0) is 18.7. The van der Waals surface area contributed by atoms with Gasteiger partial charge in [-0.1, -0.05) is 13.8 Å². The fourth-order valence-electron chi connectivity index (χ4n) is 1.93. The highest BCUT2D eigenvalue weighted by atomic mass is 32.2. The fraction of sp³-hybridized carbons (Fsp3) is 0.800. The molecule has 0 saturated heterocycles. The molecule has 0 bridgehead atoms. The molecular weight excluding hydrogens is 350 g/mol. The molecule has 2 amide bonds. The van der Waals surface area contributed by atoms with Crippen molar-refractivity contribution in [3.05, 3.63) is 0 Å². The van der Waals surface area contributed by atoms with Crippen LogP contribution in [0.1, 0.15) is 26.7 Å². The third-order valence-electron chi connectivity index (χ3n) is 3.44. The van der Waals surface area contributed by atoms with Gasteiger partial charge in [-0.15, -0.1) is 0 Å². The lowest BCUT2D eigenvalue weighted by molar-refractivity contribution is -0.142. The molecule has 0 aliphatic rings. The van der Waals surface area contributed by atoms with E-state index < -0.39 is 35.9 Å². The highest BCUT2D eigenvalue weighted by Crippen LogP contribution is 2.07. The maximum absolute atomic E-state index is 12.4. The minimum absolute atomic E-state index is 0.184. The van der Waals surface area contributed by atoms with Gasteiger partial charge in [-0.05, 0) is 42.8 Å². The molecule has 3 unspecified atom stereocenters. The Morgan fingerprint density at radius 1 is 1.00 bits per heavy atom. The first-order chi connectivity index (χ1) is 11.2. The van der Waals surface area contributed by atoms with Crippen molar-refractivity contribution in [3.8, 4) is 0 Å². The lowest BCUT2D eigenvalue weighted by Crippen LogP contribution is -2.56. The number of carboxylic acids is 1. The summed E-state index contributed by atoms with van der Waals surface area (Å²) in [5.74, 6) is -0.782. The molecule has 3 atom stereocenters. The molecule has 0 radical (unpaired) electrons. The first-order valence-electron chi connectivity index (χ1n) is 7.81. The minimum atomic E-state index is -1.08. The molecule has 0 aromatic carbocycles. The molecule has 24 heavy (non-hydrogen) atoms. The van der Waals surface area contributed by atoms with Gasteiger partial charge in [0, 0.05) is 0 Å². The second-order valence-corrected chi connectivity index (χ2v) is 7.77. The quantitative estimate of drug-likeness (QED) is 0.390. The summed E-state index contributed by atoms with van der Waals surface area (Å²) in [6.07, 6.45) is 4.64. The number of carboxylic acid groups (broad SMARTS) is 1. The summed E-state index contributed by atoms with van der Waals surface area (Å²) in [6.45, 7) is 3.57. The first-order valence-corrected chi connectivity index (χ1v) is 10.6. The van der Waals surface area contributed by atoms with Crippen LogP contribution in [0.3, 0.4) is 0 Å². The summed E-state index contributed by atoms with van der Waals surface area (Å²) in [7, 11) is 0. The van der Waals surface area contributed by atoms with Crippen molar-refractivity contribution < 1.29 is 19.5 Å². The highest BCUT2D eigenvalue weighted by molar-refractivity contribution is 7.98. The van der Waals surface area contributed by atoms with E-state index >= 15 is 0 Å². The van der Waals surface area contributed by atoms with Crippen molar-refractivity contribution in [1.29, 1.82) is 0 Å². The van der Waals surface area contributed by atoms with Crippen molar-refractivity contribution in [2.24, 2.45) is 11.7 Å². The van der Waals surface area contributed by atoms with Gasteiger partial charge in [0.1, 0.15) is 12.1 Å². The van der Waals surface area contributed by atoms with Crippen LogP contribution in [-0.2, 0) is 14.4 Å². The monoisotopic (exact) mass is 379 g/mol. The number of aliphatic carboxylic acids is 1. The van der Waals surface area contributed by atoms with Crippen LogP contribution in [-0.4, -0.2) is 65.0 Å². The second kappa shape index (κ2) is 12.4. The summed E-state index contributed by atoms with van der Waals surface area (Å²) in [5, 5.41) is 14.4. The lowest BCUT2D eigenvalue weighted by Gasteiger charge is -2.25. The number of thioether (sulfide) groups is 2. The predicted molar refractivity (Wildman–Crippen MR) is 100 cm³/mol. The third kappa shape index (κ3) is 8.79. The Hall–Kier alpha value is -0.930. The van der Waals surface area contributed by atoms with Crippen LogP contribution < -0.4 is 16.4 Å². The van der Waals surface area contributed by atoms with E-state index in [1.54, 1.807) is 25.6 Å². The van der Waals surface area contributed by atoms with Gasteiger partial charge in [0.2, 0.25) is 11.8 Å². The SMILES string of the molecule is CSCCC(N)C(=O)NC(C(=O)NC(CCSC)C(=O)O)C(C)C. The Morgan fingerprint density at radius 3 is 2.00 bits per heavy atom. The van der Waals surface area contributed by atoms with E-state index in [1.165, 1.54) is 11.8 Å². The molecule has 0 heterocycles. The molecule has 0 aromatic rings. The molecule has 0 aliphatic heterocycles. The van der Waals surface area contributed by atoms with Gasteiger partial charge >= 0.3 is 5.97 Å². The lowest BCUT2D eigenvalue weighted by atomic mass is 10.0. The number of hydrogen-bond donors (Lipinski definition) is 4. The van der Waals surface area contributed by atoms with Crippen molar-refractivity contribution in [2.45, 2.75) is 44.8 Å². The number of nitrogens with two attached hydrogens (primary N) is 1. The fourth-order valence-corrected chi connectivity index (χ4v) is 2.89. The zero-order valence-electron chi connectivity index (χ0n) is 14.7. The average molecular weight is 380 g/mol. The summed E-state index contributed by atoms with van der Waals surface area (Å²) in [4.78, 5) is 35.8. The third-order valence-corrected chi connectivity index (χ3v) is 4.73. The Morgan fingerprint density at radius 2 is 1.54 bits per heavy atom. The van der Waals surface area contributed by atoms with Crippen molar-refractivity contribution in [2.75, 3.05) is 24.0 Å². The van der Waals surface area contributed by atoms with Gasteiger partial charge in [0.15, 0.2) is 0 Å². The van der Waals surface area contributed by atoms with E-state index in [2.05, 4.69) is 10.6 Å².